The minimum Gasteiger partial charge on any atom is -0.246 e. The smallest absolute Gasteiger partial charge is 0.166 e. The van der Waals surface area contributed by atoms with E-state index >= 15 is 0 Å². The summed E-state index contributed by atoms with van der Waals surface area (Å²) < 4.78 is 51.6. The highest BCUT2D eigenvalue weighted by Crippen LogP contribution is 2.47. The molecule has 0 amide bonds. The summed E-state index contributed by atoms with van der Waals surface area (Å²) in [6.45, 7) is 2.97. The summed E-state index contributed by atoms with van der Waals surface area (Å²) in [6, 6.07) is 0. The molecule has 2 nitrogen and oxygen atoms in total. The molecule has 2 rings (SSSR count). The second kappa shape index (κ2) is 4.97. The Bertz CT molecular complexity index is 403. The van der Waals surface area contributed by atoms with Crippen LogP contribution < -0.4 is 0 Å². The van der Waals surface area contributed by atoms with Crippen molar-refractivity contribution in [3.63, 3.8) is 0 Å². The van der Waals surface area contributed by atoms with E-state index in [1.807, 2.05) is 0 Å². The van der Waals surface area contributed by atoms with E-state index in [1.165, 1.54) is 13.8 Å². The first-order valence-electron chi connectivity index (χ1n) is 7.28. The lowest BCUT2D eigenvalue weighted by molar-refractivity contribution is 0.168. The van der Waals surface area contributed by atoms with E-state index in [1.54, 1.807) is 0 Å². The zero-order valence-corrected chi connectivity index (χ0v) is 12.6. The van der Waals surface area contributed by atoms with Crippen LogP contribution >= 0.6 is 0 Å². The Balaban J connectivity index is 2.40. The summed E-state index contributed by atoms with van der Waals surface area (Å²) in [5, 5.41) is 0. The molecule has 0 N–H and O–H groups in total. The van der Waals surface area contributed by atoms with Crippen LogP contribution in [0.1, 0.15) is 65.2 Å². The highest BCUT2D eigenvalue weighted by atomic mass is 32.2. The molecule has 5 heteroatoms. The average Bonchev–Trinajstić information content (AvgIpc) is 2.36. The van der Waals surface area contributed by atoms with Crippen molar-refractivity contribution in [1.82, 2.24) is 0 Å². The molecule has 2 aliphatic rings. The SMILES string of the molecule is CC1(S(=O)(=O)C2(C)CCCCC2F)CCCCC1F. The van der Waals surface area contributed by atoms with Gasteiger partial charge in [0.1, 0.15) is 21.8 Å². The van der Waals surface area contributed by atoms with Gasteiger partial charge in [0.25, 0.3) is 0 Å². The fourth-order valence-corrected chi connectivity index (χ4v) is 6.46. The zero-order chi connectivity index (χ0) is 14.3. The second-order valence-electron chi connectivity index (χ2n) is 6.56. The lowest BCUT2D eigenvalue weighted by Crippen LogP contribution is -2.59. The van der Waals surface area contributed by atoms with E-state index in [2.05, 4.69) is 0 Å². The van der Waals surface area contributed by atoms with Crippen molar-refractivity contribution in [3.8, 4) is 0 Å². The number of hydrogen-bond donors (Lipinski definition) is 0. The maximum atomic E-state index is 14.3. The Labute approximate surface area is 114 Å². The molecule has 4 atom stereocenters. The molecule has 0 saturated heterocycles. The molecule has 0 spiro atoms. The van der Waals surface area contributed by atoms with E-state index in [0.29, 0.717) is 25.7 Å². The van der Waals surface area contributed by atoms with Crippen LogP contribution in [0.25, 0.3) is 0 Å². The number of halogens is 2. The Morgan fingerprint density at radius 2 is 1.21 bits per heavy atom. The molecule has 2 saturated carbocycles. The fourth-order valence-electron chi connectivity index (χ4n) is 3.66. The van der Waals surface area contributed by atoms with Crippen LogP contribution in [0, 0.1) is 0 Å². The van der Waals surface area contributed by atoms with Gasteiger partial charge in [-0.3, -0.25) is 0 Å². The minimum absolute atomic E-state index is 0.281. The summed E-state index contributed by atoms with van der Waals surface area (Å²) in [4.78, 5) is 0. The quantitative estimate of drug-likeness (QED) is 0.777. The average molecular weight is 294 g/mol. The first-order valence-corrected chi connectivity index (χ1v) is 8.76. The number of rotatable bonds is 2. The van der Waals surface area contributed by atoms with Crippen LogP contribution in [0.4, 0.5) is 8.78 Å². The summed E-state index contributed by atoms with van der Waals surface area (Å²) in [6.07, 6.45) is 1.34. The van der Waals surface area contributed by atoms with Gasteiger partial charge in [-0.25, -0.2) is 17.2 Å². The molecule has 0 radical (unpaired) electrons. The van der Waals surface area contributed by atoms with E-state index in [0.717, 1.165) is 12.8 Å². The maximum absolute atomic E-state index is 14.3. The largest absolute Gasteiger partial charge is 0.246 e. The zero-order valence-electron chi connectivity index (χ0n) is 11.8. The van der Waals surface area contributed by atoms with Crippen LogP contribution in [-0.4, -0.2) is 30.3 Å². The van der Waals surface area contributed by atoms with Gasteiger partial charge in [0.2, 0.25) is 0 Å². The summed E-state index contributed by atoms with van der Waals surface area (Å²) in [7, 11) is -3.83. The molecule has 2 aliphatic carbocycles. The van der Waals surface area contributed by atoms with E-state index < -0.39 is 31.7 Å². The highest BCUT2D eigenvalue weighted by Gasteiger charge is 2.59. The molecule has 0 aromatic carbocycles. The van der Waals surface area contributed by atoms with Gasteiger partial charge < -0.3 is 0 Å². The monoisotopic (exact) mass is 294 g/mol. The van der Waals surface area contributed by atoms with Crippen LogP contribution in [-0.2, 0) is 9.84 Å². The third kappa shape index (κ3) is 2.12. The van der Waals surface area contributed by atoms with Crippen LogP contribution in [0.5, 0.6) is 0 Å². The Hall–Kier alpha value is -0.190. The predicted octanol–water partition coefficient (Wildman–Crippen LogP) is 3.74. The lowest BCUT2D eigenvalue weighted by Gasteiger charge is -2.46. The molecular formula is C14H24F2O2S. The third-order valence-electron chi connectivity index (χ3n) is 5.31. The van der Waals surface area contributed by atoms with Crippen LogP contribution in [0.3, 0.4) is 0 Å². The Kier molecular flexibility index (Phi) is 3.98. The van der Waals surface area contributed by atoms with Gasteiger partial charge >= 0.3 is 0 Å². The highest BCUT2D eigenvalue weighted by molar-refractivity contribution is 7.94. The van der Waals surface area contributed by atoms with Crippen molar-refractivity contribution in [2.75, 3.05) is 0 Å². The van der Waals surface area contributed by atoms with Crippen molar-refractivity contribution in [2.45, 2.75) is 87.1 Å². The molecular weight excluding hydrogens is 270 g/mol. The van der Waals surface area contributed by atoms with Crippen LogP contribution in [0.2, 0.25) is 0 Å². The van der Waals surface area contributed by atoms with Gasteiger partial charge in [0.05, 0.1) is 0 Å². The van der Waals surface area contributed by atoms with Gasteiger partial charge in [-0.05, 0) is 39.5 Å². The van der Waals surface area contributed by atoms with Crippen molar-refractivity contribution in [1.29, 1.82) is 0 Å². The summed E-state index contributed by atoms with van der Waals surface area (Å²) >= 11 is 0. The number of alkyl halides is 2. The first-order chi connectivity index (χ1) is 8.76. The van der Waals surface area contributed by atoms with Gasteiger partial charge in [-0.1, -0.05) is 25.7 Å². The first kappa shape index (κ1) is 15.2. The third-order valence-corrected chi connectivity index (χ3v) is 8.69. The van der Waals surface area contributed by atoms with Crippen molar-refractivity contribution in [3.05, 3.63) is 0 Å². The van der Waals surface area contributed by atoms with Crippen molar-refractivity contribution < 1.29 is 17.2 Å². The number of sulfone groups is 1. The molecule has 19 heavy (non-hydrogen) atoms. The van der Waals surface area contributed by atoms with E-state index in [9.17, 15) is 17.2 Å². The van der Waals surface area contributed by atoms with Crippen molar-refractivity contribution in [2.24, 2.45) is 0 Å². The molecule has 0 aromatic heterocycles. The van der Waals surface area contributed by atoms with E-state index in [4.69, 9.17) is 0 Å². The fraction of sp³-hybridized carbons (Fsp3) is 1.00. The molecule has 0 aliphatic heterocycles. The van der Waals surface area contributed by atoms with Gasteiger partial charge in [0.15, 0.2) is 9.84 Å². The van der Waals surface area contributed by atoms with Crippen LogP contribution in [0.15, 0.2) is 0 Å². The molecule has 2 fully saturated rings. The molecule has 0 bridgehead atoms. The van der Waals surface area contributed by atoms with Gasteiger partial charge in [-0.2, -0.15) is 0 Å². The molecule has 4 unspecified atom stereocenters. The number of hydrogen-bond acceptors (Lipinski definition) is 2. The minimum atomic E-state index is -3.83. The second-order valence-corrected chi connectivity index (χ2v) is 9.43. The standard InChI is InChI=1S/C14H24F2O2S/c1-13(9-5-3-7-11(13)15)19(17,18)14(2)10-6-4-8-12(14)16/h11-12H,3-10H2,1-2H3. The topological polar surface area (TPSA) is 34.1 Å². The summed E-state index contributed by atoms with van der Waals surface area (Å²) in [5.41, 5.74) is 0. The Morgan fingerprint density at radius 3 is 1.53 bits per heavy atom. The lowest BCUT2D eigenvalue weighted by atomic mass is 9.87. The molecule has 0 heterocycles. The molecule has 0 aromatic rings. The maximum Gasteiger partial charge on any atom is 0.166 e. The van der Waals surface area contributed by atoms with E-state index in [-0.39, 0.29) is 12.8 Å². The Morgan fingerprint density at radius 1 is 0.842 bits per heavy atom. The predicted molar refractivity (Wildman–Crippen MR) is 72.5 cm³/mol. The molecule has 112 valence electrons. The normalized spacial score (nSPS) is 45.1. The van der Waals surface area contributed by atoms with Gasteiger partial charge in [0, 0.05) is 0 Å². The van der Waals surface area contributed by atoms with Gasteiger partial charge in [-0.15, -0.1) is 0 Å². The summed E-state index contributed by atoms with van der Waals surface area (Å²) in [5.74, 6) is 0. The van der Waals surface area contributed by atoms with Crippen molar-refractivity contribution >= 4 is 9.84 Å².